The molecule has 0 aromatic carbocycles. The maximum absolute atomic E-state index is 12.7. The van der Waals surface area contributed by atoms with Crippen molar-refractivity contribution < 1.29 is 19.0 Å². The van der Waals surface area contributed by atoms with Crippen molar-refractivity contribution in [3.63, 3.8) is 0 Å². The first-order valence-electron chi connectivity index (χ1n) is 8.36. The minimum absolute atomic E-state index is 0.238. The Morgan fingerprint density at radius 2 is 2.32 bits per heavy atom. The van der Waals surface area contributed by atoms with E-state index in [0.717, 1.165) is 18.5 Å². The van der Waals surface area contributed by atoms with E-state index in [4.69, 9.17) is 14.2 Å². The molecular formula is C16H21N5O4. The van der Waals surface area contributed by atoms with E-state index in [1.807, 2.05) is 14.0 Å². The highest BCUT2D eigenvalue weighted by molar-refractivity contribution is 5.94. The van der Waals surface area contributed by atoms with Crippen molar-refractivity contribution in [2.45, 2.75) is 32.0 Å². The molecule has 134 valence electrons. The second-order valence-electron chi connectivity index (χ2n) is 6.33. The van der Waals surface area contributed by atoms with E-state index in [9.17, 15) is 4.79 Å². The van der Waals surface area contributed by atoms with E-state index in [2.05, 4.69) is 15.5 Å². The molecule has 9 heteroatoms. The molecule has 0 aliphatic carbocycles. The van der Waals surface area contributed by atoms with Gasteiger partial charge in [0.25, 0.3) is 5.91 Å². The molecule has 2 atom stereocenters. The van der Waals surface area contributed by atoms with Gasteiger partial charge in [0.15, 0.2) is 11.4 Å². The molecule has 2 aromatic rings. The Balaban J connectivity index is 1.45. The Kier molecular flexibility index (Phi) is 4.08. The summed E-state index contributed by atoms with van der Waals surface area (Å²) in [5, 5.41) is 11.4. The number of hydrogen-bond donors (Lipinski definition) is 1. The number of aromatic nitrogens is 4. The van der Waals surface area contributed by atoms with Crippen molar-refractivity contribution in [1.29, 1.82) is 0 Å². The van der Waals surface area contributed by atoms with Crippen LogP contribution in [0.3, 0.4) is 0 Å². The van der Waals surface area contributed by atoms with Crippen LogP contribution in [0, 0.1) is 6.92 Å². The summed E-state index contributed by atoms with van der Waals surface area (Å²) in [4.78, 5) is 12.7. The van der Waals surface area contributed by atoms with Gasteiger partial charge in [-0.1, -0.05) is 0 Å². The molecule has 4 heterocycles. The maximum Gasteiger partial charge on any atom is 0.272 e. The van der Waals surface area contributed by atoms with Crippen LogP contribution in [0.15, 0.2) is 12.4 Å². The first kappa shape index (κ1) is 15.9. The van der Waals surface area contributed by atoms with Crippen molar-refractivity contribution in [1.82, 2.24) is 24.9 Å². The average molecular weight is 347 g/mol. The van der Waals surface area contributed by atoms with Crippen molar-refractivity contribution >= 4 is 5.91 Å². The summed E-state index contributed by atoms with van der Waals surface area (Å²) < 4.78 is 20.4. The van der Waals surface area contributed by atoms with Crippen molar-refractivity contribution in [2.24, 2.45) is 7.05 Å². The summed E-state index contributed by atoms with van der Waals surface area (Å²) in [6.45, 7) is 4.10. The highest BCUT2D eigenvalue weighted by atomic mass is 16.5. The summed E-state index contributed by atoms with van der Waals surface area (Å²) >= 11 is 0. The van der Waals surface area contributed by atoms with Crippen LogP contribution in [-0.4, -0.2) is 57.4 Å². The molecule has 0 unspecified atom stereocenters. The second kappa shape index (κ2) is 6.40. The summed E-state index contributed by atoms with van der Waals surface area (Å²) in [6.07, 6.45) is 4.05. The minimum Gasteiger partial charge on any atom is -0.482 e. The molecule has 0 radical (unpaired) electrons. The SMILES string of the molecule is Cc1c(C(=O)N[C@H]2COC[C@H]2Oc2cnn(C)c2)nn2c1OCCC2. The van der Waals surface area contributed by atoms with E-state index in [1.165, 1.54) is 0 Å². The standard InChI is InChI=1S/C16H21N5O4/c1-10-14(19-21-4-3-5-24-16(10)21)15(22)18-12-8-23-9-13(12)25-11-6-17-20(2)7-11/h6-7,12-13H,3-5,8-9H2,1-2H3,(H,18,22)/t12-,13+/m0/s1. The van der Waals surface area contributed by atoms with E-state index >= 15 is 0 Å². The zero-order valence-electron chi connectivity index (χ0n) is 14.3. The molecule has 1 fully saturated rings. The fourth-order valence-corrected chi connectivity index (χ4v) is 3.13. The number of ether oxygens (including phenoxy) is 3. The van der Waals surface area contributed by atoms with Gasteiger partial charge in [-0.3, -0.25) is 9.48 Å². The lowest BCUT2D eigenvalue weighted by Gasteiger charge is -2.19. The van der Waals surface area contributed by atoms with Crippen LogP contribution in [0.1, 0.15) is 22.5 Å². The fraction of sp³-hybridized carbons (Fsp3) is 0.562. The molecule has 0 bridgehead atoms. The Labute approximate surface area is 144 Å². The van der Waals surface area contributed by atoms with Crippen molar-refractivity contribution in [3.05, 3.63) is 23.7 Å². The summed E-state index contributed by atoms with van der Waals surface area (Å²) in [5.41, 5.74) is 1.16. The number of nitrogens with zero attached hydrogens (tertiary/aromatic N) is 4. The summed E-state index contributed by atoms with van der Waals surface area (Å²) in [5.74, 6) is 1.10. The number of rotatable bonds is 4. The third kappa shape index (κ3) is 3.07. The highest BCUT2D eigenvalue weighted by Crippen LogP contribution is 2.25. The van der Waals surface area contributed by atoms with Gasteiger partial charge < -0.3 is 19.5 Å². The maximum atomic E-state index is 12.7. The molecule has 4 rings (SSSR count). The van der Waals surface area contributed by atoms with Crippen molar-refractivity contribution in [3.8, 4) is 11.6 Å². The topological polar surface area (TPSA) is 92.4 Å². The lowest BCUT2D eigenvalue weighted by Crippen LogP contribution is -2.45. The van der Waals surface area contributed by atoms with E-state index in [0.29, 0.717) is 37.1 Å². The van der Waals surface area contributed by atoms with Gasteiger partial charge in [-0.25, -0.2) is 4.68 Å². The van der Waals surface area contributed by atoms with E-state index in [1.54, 1.807) is 21.8 Å². The smallest absolute Gasteiger partial charge is 0.272 e. The fourth-order valence-electron chi connectivity index (χ4n) is 3.13. The molecule has 2 aliphatic heterocycles. The number of fused-ring (bicyclic) bond motifs is 1. The molecule has 0 saturated carbocycles. The highest BCUT2D eigenvalue weighted by Gasteiger charge is 2.33. The monoisotopic (exact) mass is 347 g/mol. The largest absolute Gasteiger partial charge is 0.482 e. The van der Waals surface area contributed by atoms with Gasteiger partial charge in [-0.15, -0.1) is 0 Å². The third-order valence-corrected chi connectivity index (χ3v) is 4.41. The average Bonchev–Trinajstić information content (AvgIpc) is 3.29. The third-order valence-electron chi connectivity index (χ3n) is 4.41. The summed E-state index contributed by atoms with van der Waals surface area (Å²) in [7, 11) is 1.82. The predicted octanol–water partition coefficient (Wildman–Crippen LogP) is 0.284. The Hall–Kier alpha value is -2.55. The first-order valence-corrected chi connectivity index (χ1v) is 8.36. The van der Waals surface area contributed by atoms with Crippen LogP contribution in [0.5, 0.6) is 11.6 Å². The predicted molar refractivity (Wildman–Crippen MR) is 86.8 cm³/mol. The molecule has 2 aromatic heterocycles. The van der Waals surface area contributed by atoms with Gasteiger partial charge in [0.05, 0.1) is 38.3 Å². The molecule has 1 N–H and O–H groups in total. The van der Waals surface area contributed by atoms with Crippen LogP contribution in [0.4, 0.5) is 0 Å². The number of aryl methyl sites for hydroxylation is 2. The zero-order valence-corrected chi connectivity index (χ0v) is 14.3. The van der Waals surface area contributed by atoms with Crippen LogP contribution in [-0.2, 0) is 18.3 Å². The van der Waals surface area contributed by atoms with Crippen molar-refractivity contribution in [2.75, 3.05) is 19.8 Å². The number of hydrogen-bond acceptors (Lipinski definition) is 6. The second-order valence-corrected chi connectivity index (χ2v) is 6.33. The number of carbonyl (C=O) groups is 1. The number of carbonyl (C=O) groups excluding carboxylic acids is 1. The Bertz CT molecular complexity index is 784. The van der Waals surface area contributed by atoms with Gasteiger partial charge in [0, 0.05) is 25.6 Å². The molecule has 0 spiro atoms. The van der Waals surface area contributed by atoms with Gasteiger partial charge >= 0.3 is 0 Å². The molecule has 1 saturated heterocycles. The quantitative estimate of drug-likeness (QED) is 0.854. The Morgan fingerprint density at radius 3 is 3.08 bits per heavy atom. The van der Waals surface area contributed by atoms with Gasteiger partial charge in [0.2, 0.25) is 5.88 Å². The van der Waals surface area contributed by atoms with Gasteiger partial charge in [0.1, 0.15) is 6.10 Å². The van der Waals surface area contributed by atoms with Crippen LogP contribution in [0.2, 0.25) is 0 Å². The minimum atomic E-state index is -0.262. The number of amides is 1. The lowest BCUT2D eigenvalue weighted by molar-refractivity contribution is 0.0897. The van der Waals surface area contributed by atoms with Crippen LogP contribution < -0.4 is 14.8 Å². The first-order chi connectivity index (χ1) is 12.1. The molecule has 2 aliphatic rings. The molecule has 9 nitrogen and oxygen atoms in total. The van der Waals surface area contributed by atoms with Crippen LogP contribution in [0.25, 0.3) is 0 Å². The molecular weight excluding hydrogens is 326 g/mol. The Morgan fingerprint density at radius 1 is 1.44 bits per heavy atom. The zero-order chi connectivity index (χ0) is 17.4. The van der Waals surface area contributed by atoms with E-state index < -0.39 is 0 Å². The number of nitrogens with one attached hydrogen (secondary N) is 1. The normalized spacial score (nSPS) is 22.3. The van der Waals surface area contributed by atoms with Gasteiger partial charge in [-0.05, 0) is 6.92 Å². The molecule has 1 amide bonds. The lowest BCUT2D eigenvalue weighted by atomic mass is 10.2. The molecule has 25 heavy (non-hydrogen) atoms. The van der Waals surface area contributed by atoms with Gasteiger partial charge in [-0.2, -0.15) is 10.2 Å². The van der Waals surface area contributed by atoms with Crippen LogP contribution >= 0.6 is 0 Å². The van der Waals surface area contributed by atoms with E-state index in [-0.39, 0.29) is 18.1 Å². The summed E-state index contributed by atoms with van der Waals surface area (Å²) in [6, 6.07) is -0.244.